The molecule has 1 heterocycles. The van der Waals surface area contributed by atoms with E-state index in [1.807, 2.05) is 0 Å². The molecule has 1 aromatic rings. The fourth-order valence-corrected chi connectivity index (χ4v) is 1.45. The van der Waals surface area contributed by atoms with E-state index in [0.717, 1.165) is 5.06 Å². The maximum Gasteiger partial charge on any atom is 0.323 e. The largest absolute Gasteiger partial charge is 0.451 e. The molecule has 1 aliphatic heterocycles. The van der Waals surface area contributed by atoms with Crippen molar-refractivity contribution in [3.63, 3.8) is 0 Å². The van der Waals surface area contributed by atoms with Crippen LogP contribution in [-0.2, 0) is 9.63 Å². The molecule has 80 valence electrons. The van der Waals surface area contributed by atoms with Gasteiger partial charge in [-0.1, -0.05) is 12.1 Å². The summed E-state index contributed by atoms with van der Waals surface area (Å²) in [4.78, 5) is 16.6. The lowest BCUT2D eigenvalue weighted by Crippen LogP contribution is -2.53. The number of hydrogen-bond acceptors (Lipinski definition) is 4. The third kappa shape index (κ3) is 1.45. The van der Waals surface area contributed by atoms with Gasteiger partial charge in [0.05, 0.1) is 7.11 Å². The van der Waals surface area contributed by atoms with Crippen molar-refractivity contribution < 1.29 is 19.5 Å². The van der Waals surface area contributed by atoms with Gasteiger partial charge in [0.15, 0.2) is 0 Å². The molecule has 1 unspecified atom stereocenters. The van der Waals surface area contributed by atoms with Gasteiger partial charge in [-0.2, -0.15) is 5.06 Å². The van der Waals surface area contributed by atoms with Crippen LogP contribution >= 0.6 is 0 Å². The molecule has 0 aromatic heterocycles. The number of ether oxygens (including phenoxy) is 1. The van der Waals surface area contributed by atoms with Crippen molar-refractivity contribution >= 4 is 11.6 Å². The summed E-state index contributed by atoms with van der Waals surface area (Å²) in [6.45, 7) is 1.28. The molecule has 5 heteroatoms. The number of nitrogens with zero attached hydrogens (tertiary/aromatic N) is 1. The van der Waals surface area contributed by atoms with E-state index in [0.29, 0.717) is 11.4 Å². The second-order valence-corrected chi connectivity index (χ2v) is 3.33. The molecule has 0 aliphatic carbocycles. The maximum absolute atomic E-state index is 11.7. The van der Waals surface area contributed by atoms with Gasteiger partial charge in [-0.05, 0) is 12.1 Å². The highest BCUT2D eigenvalue weighted by Gasteiger charge is 2.43. The van der Waals surface area contributed by atoms with Crippen molar-refractivity contribution in [3.05, 3.63) is 24.3 Å². The molecule has 0 spiro atoms. The topological polar surface area (TPSA) is 59.0 Å². The van der Waals surface area contributed by atoms with Gasteiger partial charge >= 0.3 is 5.91 Å². The summed E-state index contributed by atoms with van der Waals surface area (Å²) in [5.41, 5.74) is 0.483. The quantitative estimate of drug-likeness (QED) is 0.739. The first kappa shape index (κ1) is 9.95. The number of carbonyl (C=O) groups excluding carboxylic acids is 1. The maximum atomic E-state index is 11.7. The van der Waals surface area contributed by atoms with Crippen molar-refractivity contribution in [2.24, 2.45) is 0 Å². The normalized spacial score (nSPS) is 24.7. The summed E-state index contributed by atoms with van der Waals surface area (Å²) in [7, 11) is 1.36. The molecule has 0 bridgehead atoms. The van der Waals surface area contributed by atoms with Crippen LogP contribution in [0.5, 0.6) is 5.75 Å². The van der Waals surface area contributed by atoms with Crippen molar-refractivity contribution in [1.29, 1.82) is 0 Å². The number of hydroxylamine groups is 1. The minimum atomic E-state index is -1.88. The first-order chi connectivity index (χ1) is 7.06. The highest BCUT2D eigenvalue weighted by atomic mass is 16.7. The zero-order valence-corrected chi connectivity index (χ0v) is 8.43. The molecular formula is C10H11NO4. The average Bonchev–Trinajstić information content (AvgIpc) is 2.19. The Bertz CT molecular complexity index is 402. The summed E-state index contributed by atoms with van der Waals surface area (Å²) in [6.07, 6.45) is 0. The van der Waals surface area contributed by atoms with Gasteiger partial charge in [0, 0.05) is 6.92 Å². The monoisotopic (exact) mass is 209 g/mol. The van der Waals surface area contributed by atoms with Gasteiger partial charge in [-0.3, -0.25) is 9.63 Å². The Morgan fingerprint density at radius 2 is 2.13 bits per heavy atom. The molecule has 1 atom stereocenters. The highest BCUT2D eigenvalue weighted by molar-refractivity contribution is 5.99. The molecule has 1 aliphatic rings. The number of fused-ring (bicyclic) bond motifs is 1. The lowest BCUT2D eigenvalue weighted by atomic mass is 10.2. The Balaban J connectivity index is 2.53. The van der Waals surface area contributed by atoms with Gasteiger partial charge < -0.3 is 9.84 Å². The van der Waals surface area contributed by atoms with E-state index in [9.17, 15) is 9.90 Å². The summed E-state index contributed by atoms with van der Waals surface area (Å²) in [5.74, 6) is -2.13. The minimum absolute atomic E-state index is 0.406. The lowest BCUT2D eigenvalue weighted by molar-refractivity contribution is -0.176. The molecular weight excluding hydrogens is 198 g/mol. The van der Waals surface area contributed by atoms with E-state index in [-0.39, 0.29) is 0 Å². The predicted molar refractivity (Wildman–Crippen MR) is 52.2 cm³/mol. The van der Waals surface area contributed by atoms with Crippen LogP contribution in [0.15, 0.2) is 24.3 Å². The number of hydrogen-bond donors (Lipinski definition) is 1. The Labute approximate surface area is 86.8 Å². The van der Waals surface area contributed by atoms with Crippen LogP contribution in [-0.4, -0.2) is 23.9 Å². The minimum Gasteiger partial charge on any atom is -0.451 e. The van der Waals surface area contributed by atoms with Crippen LogP contribution in [0.4, 0.5) is 5.69 Å². The van der Waals surface area contributed by atoms with Crippen molar-refractivity contribution in [2.45, 2.75) is 12.7 Å². The first-order valence-electron chi connectivity index (χ1n) is 4.45. The van der Waals surface area contributed by atoms with Crippen molar-refractivity contribution in [3.8, 4) is 5.75 Å². The lowest BCUT2D eigenvalue weighted by Gasteiger charge is -2.35. The van der Waals surface area contributed by atoms with Crippen LogP contribution in [0.25, 0.3) is 0 Å². The number of rotatable bonds is 1. The van der Waals surface area contributed by atoms with E-state index >= 15 is 0 Å². The fraction of sp³-hybridized carbons (Fsp3) is 0.300. The second-order valence-electron chi connectivity index (χ2n) is 3.33. The third-order valence-electron chi connectivity index (χ3n) is 2.16. The summed E-state index contributed by atoms with van der Waals surface area (Å²) in [6, 6.07) is 6.83. The van der Waals surface area contributed by atoms with Gasteiger partial charge in [0.1, 0.15) is 11.4 Å². The van der Waals surface area contributed by atoms with E-state index in [1.165, 1.54) is 14.0 Å². The number of amides is 1. The molecule has 2 rings (SSSR count). The Morgan fingerprint density at radius 3 is 2.80 bits per heavy atom. The molecule has 0 saturated carbocycles. The van der Waals surface area contributed by atoms with Gasteiger partial charge in [0.25, 0.3) is 5.79 Å². The van der Waals surface area contributed by atoms with Crippen LogP contribution in [0.1, 0.15) is 6.92 Å². The Kier molecular flexibility index (Phi) is 2.13. The van der Waals surface area contributed by atoms with Crippen molar-refractivity contribution in [1.82, 2.24) is 0 Å². The molecule has 1 amide bonds. The SMILES string of the molecule is CON1C(=O)C(C)(O)Oc2ccccc21. The molecule has 0 fully saturated rings. The number of anilines is 1. The zero-order chi connectivity index (χ0) is 11.1. The van der Waals surface area contributed by atoms with E-state index in [1.54, 1.807) is 24.3 Å². The number of carbonyl (C=O) groups is 1. The Morgan fingerprint density at radius 1 is 1.47 bits per heavy atom. The van der Waals surface area contributed by atoms with Crippen LogP contribution in [0.2, 0.25) is 0 Å². The zero-order valence-electron chi connectivity index (χ0n) is 8.43. The standard InChI is InChI=1S/C10H11NO4/c1-10(13)9(12)11(14-2)7-5-3-4-6-8(7)15-10/h3-6,13H,1-2H3. The smallest absolute Gasteiger partial charge is 0.323 e. The summed E-state index contributed by atoms with van der Waals surface area (Å²) < 4.78 is 5.15. The average molecular weight is 209 g/mol. The predicted octanol–water partition coefficient (Wildman–Crippen LogP) is 0.682. The van der Waals surface area contributed by atoms with Crippen molar-refractivity contribution in [2.75, 3.05) is 12.2 Å². The van der Waals surface area contributed by atoms with Crippen LogP contribution in [0.3, 0.4) is 0 Å². The van der Waals surface area contributed by atoms with Gasteiger partial charge in [-0.25, -0.2) is 0 Å². The van der Waals surface area contributed by atoms with Gasteiger partial charge in [-0.15, -0.1) is 0 Å². The van der Waals surface area contributed by atoms with Crippen LogP contribution < -0.4 is 9.80 Å². The molecule has 0 saturated heterocycles. The van der Waals surface area contributed by atoms with Crippen LogP contribution in [0, 0.1) is 0 Å². The van der Waals surface area contributed by atoms with Gasteiger partial charge in [0.2, 0.25) is 0 Å². The molecule has 5 nitrogen and oxygen atoms in total. The first-order valence-corrected chi connectivity index (χ1v) is 4.45. The van der Waals surface area contributed by atoms with E-state index < -0.39 is 11.7 Å². The Hall–Kier alpha value is -1.59. The summed E-state index contributed by atoms with van der Waals surface area (Å²) >= 11 is 0. The molecule has 1 N–H and O–H groups in total. The number of para-hydroxylation sites is 2. The number of aliphatic hydroxyl groups is 1. The second kappa shape index (κ2) is 3.22. The fourth-order valence-electron chi connectivity index (χ4n) is 1.45. The summed E-state index contributed by atoms with van der Waals surface area (Å²) in [5, 5.41) is 10.7. The highest BCUT2D eigenvalue weighted by Crippen LogP contribution is 2.36. The van der Waals surface area contributed by atoms with E-state index in [4.69, 9.17) is 9.57 Å². The molecule has 15 heavy (non-hydrogen) atoms. The molecule has 1 aromatic carbocycles. The number of benzene rings is 1. The molecule has 0 radical (unpaired) electrons. The third-order valence-corrected chi connectivity index (χ3v) is 2.16. The van der Waals surface area contributed by atoms with E-state index in [2.05, 4.69) is 0 Å².